The van der Waals surface area contributed by atoms with Gasteiger partial charge in [-0.1, -0.05) is 0 Å². The monoisotopic (exact) mass is 111 g/mol. The number of allylic oxidation sites excluding steroid dienone is 2. The van der Waals surface area contributed by atoms with Crippen LogP contribution in [-0.2, 0) is 0 Å². The molecular formula is C7H11O. The second kappa shape index (κ2) is 2.21. The third kappa shape index (κ3) is 1.03. The predicted octanol–water partition coefficient (Wildman–Crippen LogP) is 2.21. The highest BCUT2D eigenvalue weighted by Crippen LogP contribution is 2.20. The summed E-state index contributed by atoms with van der Waals surface area (Å²) in [6.07, 6.45) is 4.17. The average Bonchev–Trinajstić information content (AvgIpc) is 1.77. The first-order valence-electron chi connectivity index (χ1n) is 3.03. The zero-order chi connectivity index (χ0) is 5.98. The van der Waals surface area contributed by atoms with Crippen LogP contribution >= 0.6 is 0 Å². The van der Waals surface area contributed by atoms with Crippen molar-refractivity contribution in [3.8, 4) is 0 Å². The lowest BCUT2D eigenvalue weighted by molar-refractivity contribution is 0.362. The van der Waals surface area contributed by atoms with Crippen molar-refractivity contribution in [3.63, 3.8) is 0 Å². The third-order valence-corrected chi connectivity index (χ3v) is 1.55. The van der Waals surface area contributed by atoms with Gasteiger partial charge < -0.3 is 5.11 Å². The number of hydrogen-bond donors (Lipinski definition) is 1. The molecule has 0 unspecified atom stereocenters. The Labute approximate surface area is 50.0 Å². The van der Waals surface area contributed by atoms with Crippen molar-refractivity contribution in [1.82, 2.24) is 0 Å². The molecule has 0 saturated heterocycles. The van der Waals surface area contributed by atoms with Gasteiger partial charge in [-0.05, 0) is 31.8 Å². The van der Waals surface area contributed by atoms with E-state index in [1.807, 2.05) is 0 Å². The Balaban J connectivity index is 2.60. The van der Waals surface area contributed by atoms with E-state index in [-0.39, 0.29) is 0 Å². The van der Waals surface area contributed by atoms with Gasteiger partial charge in [-0.2, -0.15) is 0 Å². The summed E-state index contributed by atoms with van der Waals surface area (Å²) < 4.78 is 0. The maximum atomic E-state index is 8.99. The lowest BCUT2D eigenvalue weighted by Crippen LogP contribution is -1.95. The molecule has 1 radical (unpaired) electrons. The minimum absolute atomic E-state index is 0.524. The molecule has 1 N–H and O–H groups in total. The first kappa shape index (κ1) is 5.67. The number of hydrogen-bond acceptors (Lipinski definition) is 1. The molecule has 1 nitrogen and oxygen atoms in total. The molecule has 1 rings (SSSR count). The largest absolute Gasteiger partial charge is 0.512 e. The molecule has 0 saturated carbocycles. The summed E-state index contributed by atoms with van der Waals surface area (Å²) in [6, 6.07) is 0. The summed E-state index contributed by atoms with van der Waals surface area (Å²) in [6.45, 7) is 3.71. The molecule has 0 atom stereocenters. The SMILES string of the molecule is [CH2]C1=C(O)CCCC1. The van der Waals surface area contributed by atoms with Gasteiger partial charge in [0.2, 0.25) is 0 Å². The number of rotatable bonds is 0. The molecule has 0 amide bonds. The zero-order valence-electron chi connectivity index (χ0n) is 4.98. The van der Waals surface area contributed by atoms with E-state index < -0.39 is 0 Å². The van der Waals surface area contributed by atoms with Gasteiger partial charge in [-0.15, -0.1) is 0 Å². The minimum atomic E-state index is 0.524. The molecule has 1 aliphatic rings. The summed E-state index contributed by atoms with van der Waals surface area (Å²) >= 11 is 0. The molecule has 0 aromatic heterocycles. The first-order chi connectivity index (χ1) is 3.80. The smallest absolute Gasteiger partial charge is 0.0914 e. The Hall–Kier alpha value is -0.460. The standard InChI is InChI=1S/C7H11O/c1-6-4-2-3-5-7(6)8/h8H,1-5H2. The summed E-state index contributed by atoms with van der Waals surface area (Å²) in [4.78, 5) is 0. The Morgan fingerprint density at radius 2 is 1.88 bits per heavy atom. The van der Waals surface area contributed by atoms with Crippen LogP contribution in [0.2, 0.25) is 0 Å². The Bertz CT molecular complexity index is 99.6. The van der Waals surface area contributed by atoms with Crippen molar-refractivity contribution in [3.05, 3.63) is 18.3 Å². The van der Waals surface area contributed by atoms with Gasteiger partial charge in [-0.3, -0.25) is 0 Å². The fourth-order valence-electron chi connectivity index (χ4n) is 0.952. The van der Waals surface area contributed by atoms with Crippen LogP contribution < -0.4 is 0 Å². The highest BCUT2D eigenvalue weighted by molar-refractivity contribution is 5.12. The lowest BCUT2D eigenvalue weighted by atomic mass is 9.99. The summed E-state index contributed by atoms with van der Waals surface area (Å²) in [5.74, 6) is 0.524. The fraction of sp³-hybridized carbons (Fsp3) is 0.571. The van der Waals surface area contributed by atoms with E-state index in [1.165, 1.54) is 6.42 Å². The van der Waals surface area contributed by atoms with Crippen molar-refractivity contribution in [2.45, 2.75) is 25.7 Å². The molecule has 0 aromatic rings. The van der Waals surface area contributed by atoms with Crippen LogP contribution in [0, 0.1) is 6.92 Å². The van der Waals surface area contributed by atoms with Gasteiger partial charge >= 0.3 is 0 Å². The van der Waals surface area contributed by atoms with Crippen LogP contribution in [0.4, 0.5) is 0 Å². The average molecular weight is 111 g/mol. The van der Waals surface area contributed by atoms with E-state index >= 15 is 0 Å². The molecule has 1 heteroatoms. The Kier molecular flexibility index (Phi) is 1.56. The van der Waals surface area contributed by atoms with Crippen molar-refractivity contribution in [1.29, 1.82) is 0 Å². The van der Waals surface area contributed by atoms with Gasteiger partial charge in [0.15, 0.2) is 0 Å². The minimum Gasteiger partial charge on any atom is -0.512 e. The molecule has 0 spiro atoms. The molecule has 0 fully saturated rings. The van der Waals surface area contributed by atoms with Crippen LogP contribution in [0.3, 0.4) is 0 Å². The summed E-state index contributed by atoms with van der Waals surface area (Å²) in [5.41, 5.74) is 0.941. The van der Waals surface area contributed by atoms with Crippen molar-refractivity contribution < 1.29 is 5.11 Å². The van der Waals surface area contributed by atoms with Gasteiger partial charge in [-0.25, -0.2) is 0 Å². The topological polar surface area (TPSA) is 20.2 Å². The second-order valence-corrected chi connectivity index (χ2v) is 2.26. The van der Waals surface area contributed by atoms with Crippen LogP contribution in [0.15, 0.2) is 11.3 Å². The van der Waals surface area contributed by atoms with E-state index in [1.54, 1.807) is 0 Å². The third-order valence-electron chi connectivity index (χ3n) is 1.55. The van der Waals surface area contributed by atoms with Gasteiger partial charge in [0.1, 0.15) is 0 Å². The van der Waals surface area contributed by atoms with E-state index in [2.05, 4.69) is 6.92 Å². The molecule has 8 heavy (non-hydrogen) atoms. The quantitative estimate of drug-likeness (QED) is 0.508. The maximum Gasteiger partial charge on any atom is 0.0914 e. The van der Waals surface area contributed by atoms with Gasteiger partial charge in [0.05, 0.1) is 5.76 Å². The van der Waals surface area contributed by atoms with Crippen LogP contribution in [-0.4, -0.2) is 5.11 Å². The summed E-state index contributed by atoms with van der Waals surface area (Å²) in [7, 11) is 0. The van der Waals surface area contributed by atoms with E-state index in [9.17, 15) is 0 Å². The molecule has 0 bridgehead atoms. The maximum absolute atomic E-state index is 8.99. The molecule has 45 valence electrons. The highest BCUT2D eigenvalue weighted by Gasteiger charge is 2.05. The molecule has 0 aromatic carbocycles. The Morgan fingerprint density at radius 1 is 1.25 bits per heavy atom. The molecule has 0 aliphatic heterocycles. The van der Waals surface area contributed by atoms with Crippen molar-refractivity contribution >= 4 is 0 Å². The Morgan fingerprint density at radius 3 is 2.25 bits per heavy atom. The summed E-state index contributed by atoms with van der Waals surface area (Å²) in [5, 5.41) is 8.99. The number of aliphatic hydroxyl groups excluding tert-OH is 1. The van der Waals surface area contributed by atoms with E-state index in [4.69, 9.17) is 5.11 Å². The van der Waals surface area contributed by atoms with E-state index in [0.717, 1.165) is 24.8 Å². The van der Waals surface area contributed by atoms with E-state index in [0.29, 0.717) is 5.76 Å². The molecule has 0 heterocycles. The number of aliphatic hydroxyl groups is 1. The second-order valence-electron chi connectivity index (χ2n) is 2.26. The molecular weight excluding hydrogens is 100 g/mol. The lowest BCUT2D eigenvalue weighted by Gasteiger charge is -2.10. The zero-order valence-corrected chi connectivity index (χ0v) is 4.98. The normalized spacial score (nSPS) is 21.6. The van der Waals surface area contributed by atoms with Gasteiger partial charge in [0, 0.05) is 6.42 Å². The van der Waals surface area contributed by atoms with Crippen molar-refractivity contribution in [2.24, 2.45) is 0 Å². The van der Waals surface area contributed by atoms with Crippen LogP contribution in [0.25, 0.3) is 0 Å². The van der Waals surface area contributed by atoms with Crippen LogP contribution in [0.5, 0.6) is 0 Å². The fourth-order valence-corrected chi connectivity index (χ4v) is 0.952. The van der Waals surface area contributed by atoms with Crippen LogP contribution in [0.1, 0.15) is 25.7 Å². The van der Waals surface area contributed by atoms with Crippen molar-refractivity contribution in [2.75, 3.05) is 0 Å². The predicted molar refractivity (Wildman–Crippen MR) is 33.5 cm³/mol. The first-order valence-corrected chi connectivity index (χ1v) is 3.03. The molecule has 1 aliphatic carbocycles. The van der Waals surface area contributed by atoms with Gasteiger partial charge in [0.25, 0.3) is 0 Å². The highest BCUT2D eigenvalue weighted by atomic mass is 16.3.